The molecule has 1 aliphatic rings. The van der Waals surface area contributed by atoms with Gasteiger partial charge in [-0.15, -0.1) is 5.10 Å². The molecule has 0 spiro atoms. The molecular formula is C22H25N5. The minimum absolute atomic E-state index is 0.557. The molecule has 27 heavy (non-hydrogen) atoms. The van der Waals surface area contributed by atoms with E-state index in [4.69, 9.17) is 4.98 Å². The Bertz CT molecular complexity index is 915. The van der Waals surface area contributed by atoms with Gasteiger partial charge in [0.05, 0.1) is 6.20 Å². The van der Waals surface area contributed by atoms with Gasteiger partial charge in [-0.1, -0.05) is 56.3 Å². The third-order valence-electron chi connectivity index (χ3n) is 5.24. The number of nitrogens with zero attached hydrogens (tertiary/aromatic N) is 4. The molecule has 0 atom stereocenters. The summed E-state index contributed by atoms with van der Waals surface area (Å²) >= 11 is 0. The maximum absolute atomic E-state index is 4.76. The van der Waals surface area contributed by atoms with E-state index in [-0.39, 0.29) is 0 Å². The summed E-state index contributed by atoms with van der Waals surface area (Å²) in [6.07, 6.45) is 4.71. The molecule has 5 heteroatoms. The fraction of sp³-hybridized carbons (Fsp3) is 0.318. The van der Waals surface area contributed by atoms with E-state index in [9.17, 15) is 0 Å². The zero-order valence-corrected chi connectivity index (χ0v) is 15.9. The van der Waals surface area contributed by atoms with E-state index >= 15 is 0 Å². The Balaban J connectivity index is 1.59. The van der Waals surface area contributed by atoms with Gasteiger partial charge in [-0.2, -0.15) is 10.1 Å². The van der Waals surface area contributed by atoms with Crippen molar-refractivity contribution in [1.29, 1.82) is 0 Å². The van der Waals surface area contributed by atoms with Crippen molar-refractivity contribution in [3.05, 3.63) is 70.9 Å². The summed E-state index contributed by atoms with van der Waals surface area (Å²) < 4.78 is 0. The minimum atomic E-state index is 0.557. The summed E-state index contributed by atoms with van der Waals surface area (Å²) in [6.45, 7) is 6.14. The molecule has 2 aromatic carbocycles. The highest BCUT2D eigenvalue weighted by atomic mass is 15.3. The van der Waals surface area contributed by atoms with Gasteiger partial charge in [0.2, 0.25) is 5.95 Å². The molecule has 1 aliphatic heterocycles. The highest BCUT2D eigenvalue weighted by Gasteiger charge is 2.18. The average molecular weight is 359 g/mol. The Morgan fingerprint density at radius 2 is 1.70 bits per heavy atom. The van der Waals surface area contributed by atoms with Gasteiger partial charge in [0.15, 0.2) is 5.82 Å². The molecule has 0 saturated heterocycles. The van der Waals surface area contributed by atoms with Crippen LogP contribution in [0.25, 0.3) is 0 Å². The van der Waals surface area contributed by atoms with Crippen molar-refractivity contribution in [2.45, 2.75) is 39.7 Å². The molecule has 0 bridgehead atoms. The molecule has 138 valence electrons. The number of hydrogen-bond acceptors (Lipinski definition) is 5. The Labute approximate surface area is 160 Å². The largest absolute Gasteiger partial charge is 0.350 e. The number of anilines is 3. The van der Waals surface area contributed by atoms with Crippen molar-refractivity contribution in [2.24, 2.45) is 0 Å². The van der Waals surface area contributed by atoms with E-state index in [1.165, 1.54) is 22.3 Å². The monoisotopic (exact) mass is 359 g/mol. The average Bonchev–Trinajstić information content (AvgIpc) is 2.73. The van der Waals surface area contributed by atoms with Crippen LogP contribution in [0.2, 0.25) is 0 Å². The molecular weight excluding hydrogens is 334 g/mol. The smallest absolute Gasteiger partial charge is 0.249 e. The number of hydrogen-bond donors (Lipinski definition) is 1. The molecule has 2 heterocycles. The van der Waals surface area contributed by atoms with Crippen LogP contribution >= 0.6 is 0 Å². The molecule has 0 unspecified atom stereocenters. The molecule has 0 radical (unpaired) electrons. The van der Waals surface area contributed by atoms with Gasteiger partial charge in [0.25, 0.3) is 0 Å². The second-order valence-electron chi connectivity index (χ2n) is 6.86. The van der Waals surface area contributed by atoms with Crippen molar-refractivity contribution in [2.75, 3.05) is 16.8 Å². The molecule has 1 N–H and O–H groups in total. The maximum atomic E-state index is 4.76. The first-order valence-corrected chi connectivity index (χ1v) is 9.67. The van der Waals surface area contributed by atoms with E-state index in [0.717, 1.165) is 43.9 Å². The third kappa shape index (κ3) is 3.63. The van der Waals surface area contributed by atoms with Crippen LogP contribution in [0, 0.1) is 0 Å². The predicted octanol–water partition coefficient (Wildman–Crippen LogP) is 4.30. The second-order valence-corrected chi connectivity index (χ2v) is 6.86. The topological polar surface area (TPSA) is 53.9 Å². The molecule has 5 nitrogen and oxygen atoms in total. The van der Waals surface area contributed by atoms with Crippen molar-refractivity contribution < 1.29 is 0 Å². The van der Waals surface area contributed by atoms with E-state index in [1.54, 1.807) is 6.20 Å². The quantitative estimate of drug-likeness (QED) is 0.736. The van der Waals surface area contributed by atoms with Crippen LogP contribution in [-0.2, 0) is 25.8 Å². The lowest BCUT2D eigenvalue weighted by molar-refractivity contribution is 0.715. The summed E-state index contributed by atoms with van der Waals surface area (Å²) in [5.41, 5.74) is 6.45. The highest BCUT2D eigenvalue weighted by Crippen LogP contribution is 2.27. The van der Waals surface area contributed by atoms with Crippen LogP contribution < -0.4 is 10.2 Å². The van der Waals surface area contributed by atoms with Gasteiger partial charge >= 0.3 is 0 Å². The maximum Gasteiger partial charge on any atom is 0.249 e. The van der Waals surface area contributed by atoms with Gasteiger partial charge in [-0.3, -0.25) is 0 Å². The lowest BCUT2D eigenvalue weighted by Gasteiger charge is -2.29. The summed E-state index contributed by atoms with van der Waals surface area (Å²) in [6, 6.07) is 15.0. The fourth-order valence-corrected chi connectivity index (χ4v) is 3.71. The Morgan fingerprint density at radius 1 is 0.963 bits per heavy atom. The normalized spacial score (nSPS) is 13.3. The lowest BCUT2D eigenvalue weighted by atomic mass is 10.0. The van der Waals surface area contributed by atoms with Crippen LogP contribution in [0.4, 0.5) is 17.5 Å². The van der Waals surface area contributed by atoms with Crippen molar-refractivity contribution in [3.8, 4) is 0 Å². The first-order chi connectivity index (χ1) is 13.3. The van der Waals surface area contributed by atoms with E-state index in [1.807, 2.05) is 0 Å². The minimum Gasteiger partial charge on any atom is -0.350 e. The number of aromatic nitrogens is 3. The molecule has 0 fully saturated rings. The molecule has 3 aromatic rings. The second kappa shape index (κ2) is 7.74. The van der Waals surface area contributed by atoms with Gasteiger partial charge in [-0.05, 0) is 41.5 Å². The number of nitrogens with one attached hydrogen (secondary N) is 1. The number of fused-ring (bicyclic) bond motifs is 1. The first kappa shape index (κ1) is 17.5. The van der Waals surface area contributed by atoms with E-state index < -0.39 is 0 Å². The zero-order valence-electron chi connectivity index (χ0n) is 15.9. The summed E-state index contributed by atoms with van der Waals surface area (Å²) in [4.78, 5) is 7.03. The molecule has 1 aromatic heterocycles. The molecule has 0 amide bonds. The van der Waals surface area contributed by atoms with Crippen molar-refractivity contribution in [1.82, 2.24) is 15.2 Å². The van der Waals surface area contributed by atoms with Gasteiger partial charge in [0, 0.05) is 18.8 Å². The Morgan fingerprint density at radius 3 is 2.44 bits per heavy atom. The number of benzene rings is 2. The van der Waals surface area contributed by atoms with Crippen LogP contribution in [0.3, 0.4) is 0 Å². The van der Waals surface area contributed by atoms with Gasteiger partial charge in [-0.25, -0.2) is 0 Å². The van der Waals surface area contributed by atoms with Crippen LogP contribution in [0.1, 0.15) is 36.1 Å². The number of aryl methyl sites for hydroxylation is 2. The van der Waals surface area contributed by atoms with Crippen molar-refractivity contribution in [3.63, 3.8) is 0 Å². The highest BCUT2D eigenvalue weighted by molar-refractivity contribution is 5.64. The van der Waals surface area contributed by atoms with Crippen LogP contribution in [0.5, 0.6) is 0 Å². The van der Waals surface area contributed by atoms with Crippen LogP contribution in [-0.4, -0.2) is 21.7 Å². The zero-order chi connectivity index (χ0) is 18.6. The Hall–Kier alpha value is -2.95. The SMILES string of the molecule is CCc1cccc(CC)c1Nc1nncc(N2CCc3ccccc3C2)n1. The Kier molecular flexibility index (Phi) is 5.01. The predicted molar refractivity (Wildman–Crippen MR) is 110 cm³/mol. The summed E-state index contributed by atoms with van der Waals surface area (Å²) in [5.74, 6) is 1.43. The van der Waals surface area contributed by atoms with Gasteiger partial charge in [0.1, 0.15) is 0 Å². The standard InChI is InChI=1S/C22H25N5/c1-3-16-10-7-11-17(4-2)21(16)25-22-24-20(14-23-26-22)27-13-12-18-8-5-6-9-19(18)15-27/h5-11,14H,3-4,12-13,15H2,1-2H3,(H,24,25,26). The van der Waals surface area contributed by atoms with Crippen molar-refractivity contribution >= 4 is 17.5 Å². The lowest BCUT2D eigenvalue weighted by Crippen LogP contribution is -2.31. The summed E-state index contributed by atoms with van der Waals surface area (Å²) in [5, 5.41) is 11.9. The van der Waals surface area contributed by atoms with E-state index in [0.29, 0.717) is 5.95 Å². The third-order valence-corrected chi connectivity index (χ3v) is 5.24. The van der Waals surface area contributed by atoms with Crippen LogP contribution in [0.15, 0.2) is 48.7 Å². The number of rotatable bonds is 5. The first-order valence-electron chi connectivity index (χ1n) is 9.67. The fourth-order valence-electron chi connectivity index (χ4n) is 3.71. The van der Waals surface area contributed by atoms with Gasteiger partial charge < -0.3 is 10.2 Å². The molecule has 4 rings (SSSR count). The molecule has 0 saturated carbocycles. The number of para-hydroxylation sites is 1. The molecule has 0 aliphatic carbocycles. The summed E-state index contributed by atoms with van der Waals surface area (Å²) in [7, 11) is 0. The van der Waals surface area contributed by atoms with E-state index in [2.05, 4.69) is 76.7 Å².